The van der Waals surface area contributed by atoms with Crippen molar-refractivity contribution >= 4 is 0 Å². The van der Waals surface area contributed by atoms with Gasteiger partial charge < -0.3 is 0 Å². The molecule has 0 aromatic carbocycles. The van der Waals surface area contributed by atoms with Crippen LogP contribution in [0.25, 0.3) is 0 Å². The van der Waals surface area contributed by atoms with E-state index in [1.165, 1.54) is 30.5 Å². The van der Waals surface area contributed by atoms with Gasteiger partial charge >= 0.3 is 0 Å². The number of hydrogen-bond donors (Lipinski definition) is 0. The molecule has 0 spiro atoms. The van der Waals surface area contributed by atoms with Crippen LogP contribution in [0.1, 0.15) is 24.1 Å². The Morgan fingerprint density at radius 2 is 2.20 bits per heavy atom. The van der Waals surface area contributed by atoms with E-state index >= 15 is 0 Å². The quantitative estimate of drug-likeness (QED) is 0.521. The zero-order chi connectivity index (χ0) is 6.97. The van der Waals surface area contributed by atoms with Crippen molar-refractivity contribution in [2.45, 2.75) is 25.7 Å². The summed E-state index contributed by atoms with van der Waals surface area (Å²) >= 11 is 0. The van der Waals surface area contributed by atoms with E-state index in [-0.39, 0.29) is 0 Å². The zero-order valence-electron chi connectivity index (χ0n) is 6.22. The fourth-order valence-corrected chi connectivity index (χ4v) is 1.52. The SMILES string of the molecule is Cn1[c]c2c(n1)CCCC2. The molecule has 10 heavy (non-hydrogen) atoms. The van der Waals surface area contributed by atoms with Crippen molar-refractivity contribution in [3.05, 3.63) is 17.5 Å². The second-order valence-corrected chi connectivity index (χ2v) is 2.87. The first-order chi connectivity index (χ1) is 4.86. The van der Waals surface area contributed by atoms with Gasteiger partial charge in [0.2, 0.25) is 0 Å². The maximum Gasteiger partial charge on any atom is 0.0897 e. The predicted octanol–water partition coefficient (Wildman–Crippen LogP) is 1.10. The Morgan fingerprint density at radius 3 is 3.00 bits per heavy atom. The third-order valence-electron chi connectivity index (χ3n) is 2.01. The Labute approximate surface area is 60.9 Å². The van der Waals surface area contributed by atoms with E-state index in [4.69, 9.17) is 0 Å². The van der Waals surface area contributed by atoms with E-state index in [2.05, 4.69) is 11.3 Å². The first kappa shape index (κ1) is 5.96. The molecule has 2 nitrogen and oxygen atoms in total. The molecule has 1 radical (unpaired) electrons. The van der Waals surface area contributed by atoms with Gasteiger partial charge in [0.15, 0.2) is 0 Å². The number of nitrogens with zero attached hydrogens (tertiary/aromatic N) is 2. The van der Waals surface area contributed by atoms with Gasteiger partial charge in [-0.25, -0.2) is 0 Å². The monoisotopic (exact) mass is 135 g/mol. The summed E-state index contributed by atoms with van der Waals surface area (Å²) in [4.78, 5) is 0. The molecule has 2 heteroatoms. The molecule has 0 aliphatic heterocycles. The van der Waals surface area contributed by atoms with Crippen LogP contribution < -0.4 is 0 Å². The highest BCUT2D eigenvalue weighted by Crippen LogP contribution is 2.17. The van der Waals surface area contributed by atoms with E-state index in [1.54, 1.807) is 4.68 Å². The molecule has 0 fully saturated rings. The molecule has 0 saturated carbocycles. The normalized spacial score (nSPS) is 16.9. The number of hydrogen-bond acceptors (Lipinski definition) is 1. The van der Waals surface area contributed by atoms with Crippen LogP contribution in [0.15, 0.2) is 0 Å². The van der Waals surface area contributed by atoms with Gasteiger partial charge in [0, 0.05) is 12.6 Å². The molecule has 0 N–H and O–H groups in total. The lowest BCUT2D eigenvalue weighted by Gasteiger charge is -2.06. The van der Waals surface area contributed by atoms with Gasteiger partial charge in [0.05, 0.1) is 11.9 Å². The summed E-state index contributed by atoms with van der Waals surface area (Å²) in [7, 11) is 1.94. The van der Waals surface area contributed by atoms with Crippen LogP contribution in [-0.4, -0.2) is 9.78 Å². The van der Waals surface area contributed by atoms with Crippen LogP contribution in [0.3, 0.4) is 0 Å². The average Bonchev–Trinajstić information content (AvgIpc) is 2.27. The minimum Gasteiger partial charge on any atom is -0.266 e. The standard InChI is InChI=1S/C8H11N2/c1-10-6-7-4-2-3-5-8(7)9-10/h2-5H2,1H3. The topological polar surface area (TPSA) is 17.8 Å². The molecule has 0 saturated heterocycles. The summed E-state index contributed by atoms with van der Waals surface area (Å²) in [5.74, 6) is 0. The highest BCUT2D eigenvalue weighted by Gasteiger charge is 2.11. The lowest BCUT2D eigenvalue weighted by atomic mass is 9.99. The van der Waals surface area contributed by atoms with Crippen LogP contribution >= 0.6 is 0 Å². The molecule has 1 aromatic rings. The highest BCUT2D eigenvalue weighted by molar-refractivity contribution is 5.18. The second kappa shape index (κ2) is 2.11. The van der Waals surface area contributed by atoms with Crippen LogP contribution in [-0.2, 0) is 19.9 Å². The van der Waals surface area contributed by atoms with Gasteiger partial charge in [0.25, 0.3) is 0 Å². The number of aryl methyl sites for hydroxylation is 3. The third kappa shape index (κ3) is 0.838. The molecular formula is C8H11N2. The number of fused-ring (bicyclic) bond motifs is 1. The Balaban J connectivity index is 2.41. The van der Waals surface area contributed by atoms with Crippen molar-refractivity contribution in [1.82, 2.24) is 9.78 Å². The van der Waals surface area contributed by atoms with E-state index in [1.807, 2.05) is 7.05 Å². The molecule has 1 aliphatic rings. The lowest BCUT2D eigenvalue weighted by molar-refractivity contribution is 0.664. The first-order valence-corrected chi connectivity index (χ1v) is 3.80. The third-order valence-corrected chi connectivity index (χ3v) is 2.01. The molecule has 53 valence electrons. The summed E-state index contributed by atoms with van der Waals surface area (Å²) in [6.45, 7) is 0. The van der Waals surface area contributed by atoms with Crippen molar-refractivity contribution in [3.63, 3.8) is 0 Å². The van der Waals surface area contributed by atoms with Crippen LogP contribution in [0, 0.1) is 6.20 Å². The Hall–Kier alpha value is -0.790. The van der Waals surface area contributed by atoms with E-state index < -0.39 is 0 Å². The number of rotatable bonds is 0. The molecule has 2 rings (SSSR count). The summed E-state index contributed by atoms with van der Waals surface area (Å²) in [5.41, 5.74) is 2.61. The van der Waals surface area contributed by atoms with E-state index in [0.29, 0.717) is 0 Å². The molecule has 1 aromatic heterocycles. The summed E-state index contributed by atoms with van der Waals surface area (Å²) in [5, 5.41) is 4.31. The molecule has 0 bridgehead atoms. The molecule has 1 aliphatic carbocycles. The summed E-state index contributed by atoms with van der Waals surface area (Å²) in [6, 6.07) is 0. The molecule has 0 amide bonds. The summed E-state index contributed by atoms with van der Waals surface area (Å²) in [6.07, 6.45) is 8.16. The lowest BCUT2D eigenvalue weighted by Crippen LogP contribution is -1.99. The van der Waals surface area contributed by atoms with E-state index in [0.717, 1.165) is 6.42 Å². The minimum absolute atomic E-state index is 1.16. The highest BCUT2D eigenvalue weighted by atomic mass is 15.2. The fraction of sp³-hybridized carbons (Fsp3) is 0.625. The van der Waals surface area contributed by atoms with Crippen LogP contribution in [0.2, 0.25) is 0 Å². The minimum atomic E-state index is 1.16. The van der Waals surface area contributed by atoms with Gasteiger partial charge in [-0.2, -0.15) is 5.10 Å². The van der Waals surface area contributed by atoms with Crippen molar-refractivity contribution in [2.24, 2.45) is 7.05 Å². The van der Waals surface area contributed by atoms with E-state index in [9.17, 15) is 0 Å². The Morgan fingerprint density at radius 1 is 1.40 bits per heavy atom. The van der Waals surface area contributed by atoms with Gasteiger partial charge in [-0.05, 0) is 25.7 Å². The Kier molecular flexibility index (Phi) is 1.26. The molecule has 0 unspecified atom stereocenters. The smallest absolute Gasteiger partial charge is 0.0897 e. The Bertz CT molecular complexity index is 214. The second-order valence-electron chi connectivity index (χ2n) is 2.87. The van der Waals surface area contributed by atoms with Crippen molar-refractivity contribution in [2.75, 3.05) is 0 Å². The molecule has 1 heterocycles. The van der Waals surface area contributed by atoms with Crippen LogP contribution in [0.4, 0.5) is 0 Å². The van der Waals surface area contributed by atoms with Crippen molar-refractivity contribution in [1.29, 1.82) is 0 Å². The predicted molar refractivity (Wildman–Crippen MR) is 38.7 cm³/mol. The van der Waals surface area contributed by atoms with Crippen molar-refractivity contribution in [3.8, 4) is 0 Å². The largest absolute Gasteiger partial charge is 0.266 e. The summed E-state index contributed by atoms with van der Waals surface area (Å²) < 4.78 is 1.80. The maximum atomic E-state index is 4.31. The van der Waals surface area contributed by atoms with Crippen LogP contribution in [0.5, 0.6) is 0 Å². The molecular weight excluding hydrogens is 124 g/mol. The van der Waals surface area contributed by atoms with Gasteiger partial charge in [-0.3, -0.25) is 4.68 Å². The fourth-order valence-electron chi connectivity index (χ4n) is 1.52. The maximum absolute atomic E-state index is 4.31. The average molecular weight is 135 g/mol. The number of aromatic nitrogens is 2. The molecule has 0 atom stereocenters. The van der Waals surface area contributed by atoms with Gasteiger partial charge in [-0.15, -0.1) is 0 Å². The van der Waals surface area contributed by atoms with Crippen molar-refractivity contribution < 1.29 is 0 Å². The van der Waals surface area contributed by atoms with Gasteiger partial charge in [0.1, 0.15) is 0 Å². The zero-order valence-corrected chi connectivity index (χ0v) is 6.22. The first-order valence-electron chi connectivity index (χ1n) is 3.80. The van der Waals surface area contributed by atoms with Gasteiger partial charge in [-0.1, -0.05) is 0 Å².